The van der Waals surface area contributed by atoms with Crippen molar-refractivity contribution in [3.05, 3.63) is 0 Å². The summed E-state index contributed by atoms with van der Waals surface area (Å²) >= 11 is 0.889. The zero-order valence-corrected chi connectivity index (χ0v) is 13.6. The molecule has 0 atom stereocenters. The zero-order chi connectivity index (χ0) is 15.3. The smallest absolute Gasteiger partial charge is 0.323 e. The van der Waals surface area contributed by atoms with Crippen molar-refractivity contribution in [2.75, 3.05) is 31.6 Å². The van der Waals surface area contributed by atoms with E-state index in [0.29, 0.717) is 19.6 Å². The second kappa shape index (κ2) is 6.95. The van der Waals surface area contributed by atoms with Crippen molar-refractivity contribution in [1.82, 2.24) is 19.8 Å². The fourth-order valence-corrected chi connectivity index (χ4v) is 4.24. The number of sulfonamides is 1. The number of hydrogen-bond acceptors (Lipinski definition) is 6. The highest BCUT2D eigenvalue weighted by Gasteiger charge is 2.28. The van der Waals surface area contributed by atoms with Gasteiger partial charge in [-0.3, -0.25) is 4.90 Å². The Hall–Kier alpha value is -1.26. The molecule has 0 aliphatic rings. The van der Waals surface area contributed by atoms with Crippen LogP contribution in [0.3, 0.4) is 0 Å². The second-order valence-corrected chi connectivity index (χ2v) is 6.81. The van der Waals surface area contributed by atoms with Crippen LogP contribution < -0.4 is 10.2 Å². The van der Waals surface area contributed by atoms with Crippen LogP contribution in [0.2, 0.25) is 0 Å². The topological polar surface area (TPSA) is 95.5 Å². The summed E-state index contributed by atoms with van der Waals surface area (Å²) in [5.74, 6) is 0. The summed E-state index contributed by atoms with van der Waals surface area (Å²) in [4.78, 5) is 13.0. The lowest BCUT2D eigenvalue weighted by molar-refractivity contribution is 0.248. The normalized spacial score (nSPS) is 11.7. The number of carbonyl (C=O) groups is 1. The van der Waals surface area contributed by atoms with Gasteiger partial charge < -0.3 is 5.32 Å². The Morgan fingerprint density at radius 2 is 1.80 bits per heavy atom. The molecule has 10 heteroatoms. The van der Waals surface area contributed by atoms with Crippen molar-refractivity contribution in [3.8, 4) is 0 Å². The second-order valence-electron chi connectivity index (χ2n) is 3.74. The SMILES string of the molecule is CCN(C(=O)NC)c1nnc(S(=O)(=O)N(CC)CC)s1. The predicted octanol–water partition coefficient (Wildman–Crippen LogP) is 0.734. The number of amides is 2. The monoisotopic (exact) mass is 321 g/mol. The average Bonchev–Trinajstić information content (AvgIpc) is 2.90. The Morgan fingerprint density at radius 1 is 1.20 bits per heavy atom. The molecule has 20 heavy (non-hydrogen) atoms. The third-order valence-electron chi connectivity index (χ3n) is 2.67. The summed E-state index contributed by atoms with van der Waals surface area (Å²) in [5.41, 5.74) is 0. The van der Waals surface area contributed by atoms with Gasteiger partial charge in [0.25, 0.3) is 10.0 Å². The highest BCUT2D eigenvalue weighted by atomic mass is 32.2. The quantitative estimate of drug-likeness (QED) is 0.780. The third-order valence-corrected chi connectivity index (χ3v) is 6.01. The van der Waals surface area contributed by atoms with Crippen LogP contribution in [0.5, 0.6) is 0 Å². The van der Waals surface area contributed by atoms with Crippen molar-refractivity contribution in [2.24, 2.45) is 0 Å². The molecule has 1 heterocycles. The minimum Gasteiger partial charge on any atom is -0.341 e. The van der Waals surface area contributed by atoms with E-state index in [1.165, 1.54) is 16.3 Å². The number of carbonyl (C=O) groups excluding carboxylic acids is 1. The highest BCUT2D eigenvalue weighted by molar-refractivity contribution is 7.91. The molecule has 1 N–H and O–H groups in total. The molecule has 0 fully saturated rings. The Bertz CT molecular complexity index is 553. The van der Waals surface area contributed by atoms with E-state index in [2.05, 4.69) is 15.5 Å². The van der Waals surface area contributed by atoms with Crippen LogP contribution in [-0.4, -0.2) is 55.6 Å². The lowest BCUT2D eigenvalue weighted by atomic mass is 10.6. The summed E-state index contributed by atoms with van der Waals surface area (Å²) in [6, 6.07) is -0.351. The molecular weight excluding hydrogens is 302 g/mol. The van der Waals surface area contributed by atoms with Crippen LogP contribution in [-0.2, 0) is 10.0 Å². The van der Waals surface area contributed by atoms with Crippen molar-refractivity contribution in [2.45, 2.75) is 25.1 Å². The van der Waals surface area contributed by atoms with Gasteiger partial charge in [0.05, 0.1) is 0 Å². The van der Waals surface area contributed by atoms with Crippen molar-refractivity contribution in [3.63, 3.8) is 0 Å². The number of rotatable bonds is 6. The molecule has 114 valence electrons. The summed E-state index contributed by atoms with van der Waals surface area (Å²) in [6.07, 6.45) is 0. The fourth-order valence-electron chi connectivity index (χ4n) is 1.59. The summed E-state index contributed by atoms with van der Waals surface area (Å²) < 4.78 is 25.7. The summed E-state index contributed by atoms with van der Waals surface area (Å²) in [7, 11) is -2.14. The van der Waals surface area contributed by atoms with Gasteiger partial charge in [-0.05, 0) is 6.92 Å². The lowest BCUT2D eigenvalue weighted by Gasteiger charge is -2.16. The van der Waals surface area contributed by atoms with Crippen LogP contribution in [0.4, 0.5) is 9.93 Å². The molecule has 0 bridgehead atoms. The predicted molar refractivity (Wildman–Crippen MR) is 77.5 cm³/mol. The van der Waals surface area contributed by atoms with Crippen molar-refractivity contribution < 1.29 is 13.2 Å². The van der Waals surface area contributed by atoms with Crippen LogP contribution in [0.25, 0.3) is 0 Å². The average molecular weight is 321 g/mol. The lowest BCUT2D eigenvalue weighted by Crippen LogP contribution is -2.37. The van der Waals surface area contributed by atoms with E-state index in [1.807, 2.05) is 0 Å². The Labute approximate surface area is 122 Å². The van der Waals surface area contributed by atoms with Crippen LogP contribution >= 0.6 is 11.3 Å². The molecule has 0 unspecified atom stereocenters. The maximum Gasteiger partial charge on any atom is 0.323 e. The van der Waals surface area contributed by atoms with Gasteiger partial charge in [-0.1, -0.05) is 25.2 Å². The van der Waals surface area contributed by atoms with E-state index < -0.39 is 10.0 Å². The third kappa shape index (κ3) is 3.25. The maximum atomic E-state index is 12.3. The fraction of sp³-hybridized carbons (Fsp3) is 0.700. The van der Waals surface area contributed by atoms with Gasteiger partial charge in [-0.25, -0.2) is 13.2 Å². The van der Waals surface area contributed by atoms with Gasteiger partial charge in [-0.15, -0.1) is 10.2 Å². The van der Waals surface area contributed by atoms with Crippen LogP contribution in [0.1, 0.15) is 20.8 Å². The minimum atomic E-state index is -3.63. The number of aromatic nitrogens is 2. The number of hydrogen-bond donors (Lipinski definition) is 1. The van der Waals surface area contributed by atoms with Gasteiger partial charge in [0.15, 0.2) is 0 Å². The zero-order valence-electron chi connectivity index (χ0n) is 12.0. The van der Waals surface area contributed by atoms with E-state index in [9.17, 15) is 13.2 Å². The molecule has 0 aliphatic heterocycles. The molecule has 8 nitrogen and oxygen atoms in total. The van der Waals surface area contributed by atoms with Gasteiger partial charge >= 0.3 is 6.03 Å². The van der Waals surface area contributed by atoms with Crippen molar-refractivity contribution in [1.29, 1.82) is 0 Å². The first-order chi connectivity index (χ1) is 9.42. The minimum absolute atomic E-state index is 0.0986. The Kier molecular flexibility index (Phi) is 5.84. The van der Waals surface area contributed by atoms with E-state index in [-0.39, 0.29) is 15.5 Å². The largest absolute Gasteiger partial charge is 0.341 e. The molecule has 0 aliphatic carbocycles. The molecule has 0 saturated carbocycles. The number of urea groups is 1. The Morgan fingerprint density at radius 3 is 2.25 bits per heavy atom. The van der Waals surface area contributed by atoms with Gasteiger partial charge in [0, 0.05) is 26.7 Å². The number of anilines is 1. The molecule has 0 spiro atoms. The molecule has 0 aromatic carbocycles. The van der Waals surface area contributed by atoms with Crippen LogP contribution in [0.15, 0.2) is 4.34 Å². The van der Waals surface area contributed by atoms with Crippen LogP contribution in [0, 0.1) is 0 Å². The number of nitrogens with one attached hydrogen (secondary N) is 1. The van der Waals surface area contributed by atoms with E-state index in [1.54, 1.807) is 20.8 Å². The van der Waals surface area contributed by atoms with Gasteiger partial charge in [0.2, 0.25) is 9.47 Å². The molecular formula is C10H19N5O3S2. The molecule has 1 aromatic rings. The summed E-state index contributed by atoms with van der Waals surface area (Å²) in [6.45, 7) is 6.38. The number of nitrogens with zero attached hydrogens (tertiary/aromatic N) is 4. The first kappa shape index (κ1) is 16.8. The van der Waals surface area contributed by atoms with E-state index in [4.69, 9.17) is 0 Å². The summed E-state index contributed by atoms with van der Waals surface area (Å²) in [5, 5.41) is 10.2. The first-order valence-corrected chi connectivity index (χ1v) is 8.50. The van der Waals surface area contributed by atoms with E-state index in [0.717, 1.165) is 11.3 Å². The van der Waals surface area contributed by atoms with Gasteiger partial charge in [0.1, 0.15) is 0 Å². The molecule has 0 radical (unpaired) electrons. The molecule has 1 rings (SSSR count). The van der Waals surface area contributed by atoms with E-state index >= 15 is 0 Å². The maximum absolute atomic E-state index is 12.3. The Balaban J connectivity index is 3.11. The first-order valence-electron chi connectivity index (χ1n) is 6.25. The molecule has 0 saturated heterocycles. The highest BCUT2D eigenvalue weighted by Crippen LogP contribution is 2.25. The standard InChI is InChI=1S/C10H19N5O3S2/c1-5-14(6-2)20(17,18)10-13-12-9(19-10)15(7-3)8(16)11-4/h5-7H2,1-4H3,(H,11,16). The van der Waals surface area contributed by atoms with Gasteiger partial charge in [-0.2, -0.15) is 4.31 Å². The molecule has 1 aromatic heterocycles. The molecule has 2 amide bonds. The van der Waals surface area contributed by atoms with Crippen molar-refractivity contribution >= 4 is 32.5 Å².